The lowest BCUT2D eigenvalue weighted by Crippen LogP contribution is -2.46. The van der Waals surface area contributed by atoms with Gasteiger partial charge in [-0.25, -0.2) is 0 Å². The molecule has 1 aliphatic carbocycles. The van der Waals surface area contributed by atoms with Crippen LogP contribution in [-0.4, -0.2) is 29.6 Å². The Hall–Kier alpha value is -2.38. The lowest BCUT2D eigenvalue weighted by atomic mass is 10.1. The molecule has 2 rings (SSSR count). The molecule has 8 heteroatoms. The van der Waals surface area contributed by atoms with E-state index in [0.717, 1.165) is 12.8 Å². The average Bonchev–Trinajstić information content (AvgIpc) is 3.28. The van der Waals surface area contributed by atoms with Gasteiger partial charge in [-0.1, -0.05) is 17.3 Å². The summed E-state index contributed by atoms with van der Waals surface area (Å²) in [6, 6.07) is 5.03. The number of para-hydroxylation sites is 1. The van der Waals surface area contributed by atoms with Crippen molar-refractivity contribution in [2.24, 2.45) is 16.8 Å². The van der Waals surface area contributed by atoms with E-state index in [1.165, 1.54) is 24.3 Å². The number of amides is 1. The number of hydrogen-bond acceptors (Lipinski definition) is 4. The molecule has 0 saturated heterocycles. The van der Waals surface area contributed by atoms with E-state index in [4.69, 9.17) is 10.9 Å². The molecule has 1 aliphatic rings. The molecule has 0 aromatic heterocycles. The van der Waals surface area contributed by atoms with Crippen molar-refractivity contribution in [1.82, 2.24) is 5.32 Å². The number of halogens is 2. The van der Waals surface area contributed by atoms with Crippen LogP contribution in [0.4, 0.5) is 8.78 Å². The minimum absolute atomic E-state index is 0.0332. The van der Waals surface area contributed by atoms with Crippen molar-refractivity contribution in [2.75, 3.05) is 0 Å². The molecule has 1 fully saturated rings. The third-order valence-corrected chi connectivity index (χ3v) is 3.16. The fourth-order valence-corrected chi connectivity index (χ4v) is 2.00. The number of rotatable bonds is 6. The Kier molecular flexibility index (Phi) is 4.56. The van der Waals surface area contributed by atoms with E-state index in [-0.39, 0.29) is 23.1 Å². The zero-order chi connectivity index (χ0) is 15.4. The van der Waals surface area contributed by atoms with Crippen LogP contribution >= 0.6 is 0 Å². The molecular formula is C13H15F2N3O3. The second-order valence-electron chi connectivity index (χ2n) is 4.69. The molecule has 0 spiro atoms. The maximum absolute atomic E-state index is 12.3. The summed E-state index contributed by atoms with van der Waals surface area (Å²) in [6.45, 7) is -3.03. The summed E-state index contributed by atoms with van der Waals surface area (Å²) >= 11 is 0. The van der Waals surface area contributed by atoms with E-state index in [1.807, 2.05) is 0 Å². The quantitative estimate of drug-likeness (QED) is 0.321. The smallest absolute Gasteiger partial charge is 0.387 e. The number of nitrogens with two attached hydrogens (primary N) is 1. The van der Waals surface area contributed by atoms with Crippen LogP contribution < -0.4 is 15.8 Å². The number of benzene rings is 1. The Morgan fingerprint density at radius 3 is 2.67 bits per heavy atom. The van der Waals surface area contributed by atoms with Gasteiger partial charge in [-0.3, -0.25) is 4.79 Å². The number of ether oxygens (including phenoxy) is 1. The number of nitrogens with zero attached hydrogens (tertiary/aromatic N) is 1. The summed E-state index contributed by atoms with van der Waals surface area (Å²) in [7, 11) is 0. The minimum atomic E-state index is -3.03. The van der Waals surface area contributed by atoms with Gasteiger partial charge in [0.2, 0.25) is 0 Å². The van der Waals surface area contributed by atoms with Crippen LogP contribution in [0.5, 0.6) is 5.75 Å². The van der Waals surface area contributed by atoms with E-state index in [0.29, 0.717) is 0 Å². The summed E-state index contributed by atoms with van der Waals surface area (Å²) in [6.07, 6.45) is 1.69. The molecule has 1 unspecified atom stereocenters. The molecule has 1 aromatic carbocycles. The monoisotopic (exact) mass is 299 g/mol. The number of amidine groups is 1. The van der Waals surface area contributed by atoms with E-state index in [1.54, 1.807) is 0 Å². The average molecular weight is 299 g/mol. The second-order valence-corrected chi connectivity index (χ2v) is 4.69. The molecule has 1 aromatic rings. The van der Waals surface area contributed by atoms with Gasteiger partial charge in [0.1, 0.15) is 5.75 Å². The Labute approximate surface area is 119 Å². The zero-order valence-electron chi connectivity index (χ0n) is 11.0. The molecule has 0 aliphatic heterocycles. The molecule has 1 saturated carbocycles. The van der Waals surface area contributed by atoms with Crippen molar-refractivity contribution >= 4 is 11.7 Å². The highest BCUT2D eigenvalue weighted by Gasteiger charge is 2.35. The first kappa shape index (κ1) is 15.0. The van der Waals surface area contributed by atoms with Crippen molar-refractivity contribution in [3.05, 3.63) is 29.8 Å². The largest absolute Gasteiger partial charge is 0.434 e. The van der Waals surface area contributed by atoms with Crippen LogP contribution in [-0.2, 0) is 0 Å². The van der Waals surface area contributed by atoms with E-state index in [2.05, 4.69) is 15.2 Å². The highest BCUT2D eigenvalue weighted by Crippen LogP contribution is 2.33. The van der Waals surface area contributed by atoms with Gasteiger partial charge >= 0.3 is 6.61 Å². The summed E-state index contributed by atoms with van der Waals surface area (Å²) < 4.78 is 28.9. The van der Waals surface area contributed by atoms with Crippen LogP contribution in [0.25, 0.3) is 0 Å². The van der Waals surface area contributed by atoms with Crippen molar-refractivity contribution in [2.45, 2.75) is 25.5 Å². The maximum Gasteiger partial charge on any atom is 0.387 e. The summed E-state index contributed by atoms with van der Waals surface area (Å²) in [4.78, 5) is 12.2. The normalized spacial score (nSPS) is 16.6. The van der Waals surface area contributed by atoms with Gasteiger partial charge in [-0.05, 0) is 30.9 Å². The lowest BCUT2D eigenvalue weighted by Gasteiger charge is -2.18. The molecule has 114 valence electrons. The third-order valence-electron chi connectivity index (χ3n) is 3.16. The van der Waals surface area contributed by atoms with Gasteiger partial charge in [0.05, 0.1) is 11.6 Å². The van der Waals surface area contributed by atoms with E-state index < -0.39 is 18.6 Å². The van der Waals surface area contributed by atoms with Crippen LogP contribution in [0.3, 0.4) is 0 Å². The highest BCUT2D eigenvalue weighted by atomic mass is 19.3. The number of hydrogen-bond donors (Lipinski definition) is 3. The van der Waals surface area contributed by atoms with Gasteiger partial charge < -0.3 is 21.0 Å². The van der Waals surface area contributed by atoms with Gasteiger partial charge in [0.25, 0.3) is 5.91 Å². The predicted molar refractivity (Wildman–Crippen MR) is 70.5 cm³/mol. The molecule has 4 N–H and O–H groups in total. The maximum atomic E-state index is 12.3. The Balaban J connectivity index is 2.16. The predicted octanol–water partition coefficient (Wildman–Crippen LogP) is 1.54. The first-order valence-electron chi connectivity index (χ1n) is 6.35. The molecule has 0 radical (unpaired) electrons. The first-order valence-corrected chi connectivity index (χ1v) is 6.35. The topological polar surface area (TPSA) is 96.9 Å². The SMILES string of the molecule is NC(=NO)C(NC(=O)c1ccccc1OC(F)F)C1CC1. The molecule has 1 amide bonds. The third kappa shape index (κ3) is 3.80. The van der Waals surface area contributed by atoms with Crippen LogP contribution in [0, 0.1) is 5.92 Å². The Morgan fingerprint density at radius 1 is 1.43 bits per heavy atom. The number of carbonyl (C=O) groups excluding carboxylic acids is 1. The minimum Gasteiger partial charge on any atom is -0.434 e. The van der Waals surface area contributed by atoms with Gasteiger partial charge in [0.15, 0.2) is 5.84 Å². The Bertz CT molecular complexity index is 547. The molecule has 0 heterocycles. The lowest BCUT2D eigenvalue weighted by molar-refractivity contribution is -0.0501. The van der Waals surface area contributed by atoms with Crippen molar-refractivity contribution < 1.29 is 23.5 Å². The molecule has 21 heavy (non-hydrogen) atoms. The van der Waals surface area contributed by atoms with Crippen LogP contribution in [0.2, 0.25) is 0 Å². The Morgan fingerprint density at radius 2 is 2.10 bits per heavy atom. The number of alkyl halides is 2. The molecular weight excluding hydrogens is 284 g/mol. The fourth-order valence-electron chi connectivity index (χ4n) is 2.00. The number of nitrogens with one attached hydrogen (secondary N) is 1. The van der Waals surface area contributed by atoms with Crippen molar-refractivity contribution in [3.8, 4) is 5.75 Å². The summed E-state index contributed by atoms with van der Waals surface area (Å²) in [5.41, 5.74) is 5.50. The zero-order valence-corrected chi connectivity index (χ0v) is 11.0. The molecule has 1 atom stereocenters. The summed E-state index contributed by atoms with van der Waals surface area (Å²) in [5.74, 6) is -0.861. The van der Waals surface area contributed by atoms with E-state index >= 15 is 0 Å². The number of carbonyl (C=O) groups is 1. The molecule has 0 bridgehead atoms. The van der Waals surface area contributed by atoms with Gasteiger partial charge in [0, 0.05) is 0 Å². The first-order chi connectivity index (χ1) is 10.0. The standard InChI is InChI=1S/C13H15F2N3O3/c14-13(15)21-9-4-2-1-3-8(9)12(19)17-10(7-5-6-7)11(16)18-20/h1-4,7,10,13,20H,5-6H2,(H2,16,18)(H,17,19). The van der Waals surface area contributed by atoms with Crippen LogP contribution in [0.1, 0.15) is 23.2 Å². The van der Waals surface area contributed by atoms with Gasteiger partial charge in [-0.15, -0.1) is 0 Å². The number of oxime groups is 1. The molecule has 6 nitrogen and oxygen atoms in total. The van der Waals surface area contributed by atoms with Crippen molar-refractivity contribution in [1.29, 1.82) is 0 Å². The second kappa shape index (κ2) is 6.38. The summed E-state index contributed by atoms with van der Waals surface area (Å²) in [5, 5.41) is 14.2. The van der Waals surface area contributed by atoms with Crippen molar-refractivity contribution in [3.63, 3.8) is 0 Å². The highest BCUT2D eigenvalue weighted by molar-refractivity contribution is 6.00. The van der Waals surface area contributed by atoms with Gasteiger partial charge in [-0.2, -0.15) is 8.78 Å². The fraction of sp³-hybridized carbons (Fsp3) is 0.385. The van der Waals surface area contributed by atoms with Crippen LogP contribution in [0.15, 0.2) is 29.4 Å². The van der Waals surface area contributed by atoms with E-state index in [9.17, 15) is 13.6 Å².